The van der Waals surface area contributed by atoms with Gasteiger partial charge in [-0.2, -0.15) is 0 Å². The highest BCUT2D eigenvalue weighted by atomic mass is 19.1. The van der Waals surface area contributed by atoms with Crippen LogP contribution in [0.3, 0.4) is 0 Å². The summed E-state index contributed by atoms with van der Waals surface area (Å²) >= 11 is 0. The Morgan fingerprint density at radius 1 is 0.915 bits per heavy atom. The van der Waals surface area contributed by atoms with Crippen LogP contribution in [0.2, 0.25) is 0 Å². The van der Waals surface area contributed by atoms with Crippen LogP contribution >= 0.6 is 0 Å². The second-order valence-corrected chi connectivity index (χ2v) is 12.2. The van der Waals surface area contributed by atoms with Crippen molar-refractivity contribution >= 4 is 18.0 Å². The van der Waals surface area contributed by atoms with E-state index in [1.807, 2.05) is 60.9 Å². The normalized spacial score (nSPS) is 17.6. The van der Waals surface area contributed by atoms with Crippen molar-refractivity contribution in [3.8, 4) is 22.3 Å². The van der Waals surface area contributed by atoms with Gasteiger partial charge in [0.25, 0.3) is 0 Å². The molecule has 47 heavy (non-hydrogen) atoms. The van der Waals surface area contributed by atoms with E-state index in [1.54, 1.807) is 38.1 Å². The molecule has 1 saturated heterocycles. The number of halogens is 2. The molecule has 1 aromatic heterocycles. The second kappa shape index (κ2) is 14.4. The zero-order valence-corrected chi connectivity index (χ0v) is 27.2. The highest BCUT2D eigenvalue weighted by Gasteiger charge is 2.36. The van der Waals surface area contributed by atoms with Crippen LogP contribution in [-0.2, 0) is 30.3 Å². The van der Waals surface area contributed by atoms with E-state index in [1.165, 1.54) is 31.4 Å². The molecular formula is C38H39F2NO6. The van der Waals surface area contributed by atoms with Gasteiger partial charge >= 0.3 is 11.9 Å². The van der Waals surface area contributed by atoms with Crippen LogP contribution in [0.5, 0.6) is 0 Å². The fourth-order valence-electron chi connectivity index (χ4n) is 5.97. The summed E-state index contributed by atoms with van der Waals surface area (Å²) in [6.07, 6.45) is 3.33. The molecule has 1 fully saturated rings. The molecule has 0 spiro atoms. The van der Waals surface area contributed by atoms with Crippen LogP contribution in [0.4, 0.5) is 8.78 Å². The minimum absolute atomic E-state index is 0.0510. The highest BCUT2D eigenvalue weighted by molar-refractivity contribution is 6.04. The van der Waals surface area contributed by atoms with Crippen molar-refractivity contribution in [2.24, 2.45) is 0 Å². The Labute approximate surface area is 273 Å². The van der Waals surface area contributed by atoms with Crippen molar-refractivity contribution in [2.75, 3.05) is 7.11 Å². The molecule has 0 aliphatic carbocycles. The Hall–Kier alpha value is -4.60. The summed E-state index contributed by atoms with van der Waals surface area (Å²) in [4.78, 5) is 26.2. The molecular weight excluding hydrogens is 604 g/mol. The molecule has 246 valence electrons. The van der Waals surface area contributed by atoms with Crippen LogP contribution in [0, 0.1) is 11.6 Å². The van der Waals surface area contributed by atoms with E-state index in [0.29, 0.717) is 34.4 Å². The zero-order valence-electron chi connectivity index (χ0n) is 27.2. The van der Waals surface area contributed by atoms with E-state index in [4.69, 9.17) is 18.9 Å². The maximum atomic E-state index is 14.2. The number of rotatable bonds is 10. The van der Waals surface area contributed by atoms with E-state index in [0.717, 1.165) is 5.56 Å². The van der Waals surface area contributed by atoms with Crippen molar-refractivity contribution in [3.05, 3.63) is 114 Å². The predicted octanol–water partition coefficient (Wildman–Crippen LogP) is 8.52. The molecule has 0 radical (unpaired) electrons. The molecule has 1 aliphatic heterocycles. The summed E-state index contributed by atoms with van der Waals surface area (Å²) in [5.74, 6) is -2.75. The SMILES string of the molecule is COC(=O)CC1CC(/C=C/c2c(-c3ccc(F)cc3)c(-c3ccc(F)cc3)c(C(=O)OCc3ccccc3)n2C(C)C)OC(C)(C)O1. The van der Waals surface area contributed by atoms with Crippen molar-refractivity contribution in [1.82, 2.24) is 4.57 Å². The lowest BCUT2D eigenvalue weighted by Crippen LogP contribution is -2.44. The number of carbonyl (C=O) groups is 2. The van der Waals surface area contributed by atoms with E-state index in [2.05, 4.69) is 0 Å². The third-order valence-electron chi connectivity index (χ3n) is 7.90. The molecule has 2 heterocycles. The third kappa shape index (κ3) is 8.04. The van der Waals surface area contributed by atoms with Gasteiger partial charge in [-0.05, 0) is 74.7 Å². The van der Waals surface area contributed by atoms with Gasteiger partial charge in [-0.1, -0.05) is 60.7 Å². The first kappa shape index (κ1) is 33.8. The van der Waals surface area contributed by atoms with Gasteiger partial charge in [0.2, 0.25) is 0 Å². The number of nitrogens with zero attached hydrogens (tertiary/aromatic N) is 1. The maximum Gasteiger partial charge on any atom is 0.355 e. The molecule has 4 aromatic rings. The predicted molar refractivity (Wildman–Crippen MR) is 175 cm³/mol. The first-order valence-corrected chi connectivity index (χ1v) is 15.6. The van der Waals surface area contributed by atoms with E-state index in [9.17, 15) is 18.4 Å². The van der Waals surface area contributed by atoms with Gasteiger partial charge in [0, 0.05) is 29.3 Å². The van der Waals surface area contributed by atoms with Crippen LogP contribution in [0.1, 0.15) is 68.3 Å². The number of hydrogen-bond acceptors (Lipinski definition) is 6. The molecule has 5 rings (SSSR count). The fourth-order valence-corrected chi connectivity index (χ4v) is 5.97. The lowest BCUT2D eigenvalue weighted by Gasteiger charge is -2.39. The van der Waals surface area contributed by atoms with Crippen LogP contribution in [0.25, 0.3) is 28.3 Å². The van der Waals surface area contributed by atoms with Crippen LogP contribution in [0.15, 0.2) is 84.9 Å². The molecule has 0 N–H and O–H groups in total. The van der Waals surface area contributed by atoms with Crippen molar-refractivity contribution in [1.29, 1.82) is 0 Å². The smallest absolute Gasteiger partial charge is 0.355 e. The van der Waals surface area contributed by atoms with Crippen molar-refractivity contribution in [2.45, 2.75) is 71.2 Å². The summed E-state index contributed by atoms with van der Waals surface area (Å²) < 4.78 is 53.2. The minimum atomic E-state index is -0.975. The molecule has 2 atom stereocenters. The van der Waals surface area contributed by atoms with Gasteiger partial charge in [0.1, 0.15) is 23.9 Å². The minimum Gasteiger partial charge on any atom is -0.469 e. The third-order valence-corrected chi connectivity index (χ3v) is 7.90. The summed E-state index contributed by atoms with van der Waals surface area (Å²) in [5, 5.41) is 0. The summed E-state index contributed by atoms with van der Waals surface area (Å²) in [7, 11) is 1.34. The average molecular weight is 644 g/mol. The summed E-state index contributed by atoms with van der Waals surface area (Å²) in [6, 6.07) is 21.1. The number of methoxy groups -OCH3 is 1. The molecule has 1 aliphatic rings. The second-order valence-electron chi connectivity index (χ2n) is 12.2. The fraction of sp³-hybridized carbons (Fsp3) is 0.316. The Kier molecular flexibility index (Phi) is 10.4. The molecule has 0 bridgehead atoms. The number of benzene rings is 3. The Balaban J connectivity index is 1.69. The van der Waals surface area contributed by atoms with Gasteiger partial charge in [0.05, 0.1) is 25.7 Å². The highest BCUT2D eigenvalue weighted by Crippen LogP contribution is 2.43. The lowest BCUT2D eigenvalue weighted by atomic mass is 9.94. The van der Waals surface area contributed by atoms with Crippen LogP contribution in [-0.4, -0.2) is 41.6 Å². The maximum absolute atomic E-state index is 14.2. The molecule has 0 amide bonds. The monoisotopic (exact) mass is 643 g/mol. The largest absolute Gasteiger partial charge is 0.469 e. The Bertz CT molecular complexity index is 1730. The number of hydrogen-bond donors (Lipinski definition) is 0. The zero-order chi connectivity index (χ0) is 33.7. The van der Waals surface area contributed by atoms with E-state index in [-0.39, 0.29) is 30.7 Å². The van der Waals surface area contributed by atoms with Crippen molar-refractivity contribution in [3.63, 3.8) is 0 Å². The van der Waals surface area contributed by atoms with Gasteiger partial charge in [-0.25, -0.2) is 13.6 Å². The standard InChI is InChI=1S/C38H39F2NO6/c1-24(2)41-32(20-19-30-21-31(22-33(42)44-5)47-38(3,4)46-30)34(26-11-15-28(39)16-12-26)35(27-13-17-29(40)18-14-27)36(41)37(43)45-23-25-9-7-6-8-10-25/h6-20,24,30-31H,21-23H2,1-5H3/b20-19+. The van der Waals surface area contributed by atoms with Gasteiger partial charge in [-0.15, -0.1) is 0 Å². The number of ether oxygens (including phenoxy) is 4. The first-order chi connectivity index (χ1) is 22.5. The molecule has 0 saturated carbocycles. The summed E-state index contributed by atoms with van der Waals surface area (Å²) in [6.45, 7) is 7.52. The summed E-state index contributed by atoms with van der Waals surface area (Å²) in [5.41, 5.74) is 4.16. The molecule has 7 nitrogen and oxygen atoms in total. The quantitative estimate of drug-likeness (QED) is 0.161. The van der Waals surface area contributed by atoms with Gasteiger partial charge in [-0.3, -0.25) is 4.79 Å². The number of esters is 2. The van der Waals surface area contributed by atoms with Gasteiger partial charge in [0.15, 0.2) is 5.79 Å². The molecule has 9 heteroatoms. The van der Waals surface area contributed by atoms with Crippen LogP contribution < -0.4 is 0 Å². The number of aromatic nitrogens is 1. The van der Waals surface area contributed by atoms with Gasteiger partial charge < -0.3 is 23.5 Å². The Morgan fingerprint density at radius 2 is 1.51 bits per heavy atom. The topological polar surface area (TPSA) is 76.0 Å². The lowest BCUT2D eigenvalue weighted by molar-refractivity contribution is -0.290. The van der Waals surface area contributed by atoms with E-state index >= 15 is 0 Å². The first-order valence-electron chi connectivity index (χ1n) is 15.6. The van der Waals surface area contributed by atoms with E-state index < -0.39 is 35.6 Å². The molecule has 3 aromatic carbocycles. The average Bonchev–Trinajstić information content (AvgIpc) is 3.38. The molecule has 2 unspecified atom stereocenters. The Morgan fingerprint density at radius 3 is 2.09 bits per heavy atom. The number of carbonyl (C=O) groups excluding carboxylic acids is 2. The van der Waals surface area contributed by atoms with Crippen molar-refractivity contribution < 1.29 is 37.3 Å².